The summed E-state index contributed by atoms with van der Waals surface area (Å²) in [6.07, 6.45) is 11.4. The number of hydrogen-bond acceptors (Lipinski definition) is 3. The van der Waals surface area contributed by atoms with Gasteiger partial charge in [-0.15, -0.1) is 0 Å². The lowest BCUT2D eigenvalue weighted by atomic mass is 9.53. The van der Waals surface area contributed by atoms with E-state index >= 15 is 0 Å². The minimum absolute atomic E-state index is 0.0173. The smallest absolute Gasteiger partial charge is 0.185 e. The number of methoxy groups -OCH3 is 1. The molecule has 0 aromatic rings. The van der Waals surface area contributed by atoms with Gasteiger partial charge >= 0.3 is 0 Å². The number of fused-ring (bicyclic) bond motifs is 4. The van der Waals surface area contributed by atoms with Gasteiger partial charge < -0.3 is 9.16 Å². The number of nitrogens with zero attached hydrogens (tertiary/aromatic N) is 1. The zero-order valence-corrected chi connectivity index (χ0v) is 18.7. The van der Waals surface area contributed by atoms with Gasteiger partial charge in [-0.1, -0.05) is 18.1 Å². The van der Waals surface area contributed by atoms with Gasteiger partial charge in [-0.05, 0) is 88.4 Å². The third kappa shape index (κ3) is 2.93. The highest BCUT2D eigenvalue weighted by Crippen LogP contribution is 2.65. The van der Waals surface area contributed by atoms with Gasteiger partial charge in [-0.2, -0.15) is 5.26 Å². The highest BCUT2D eigenvalue weighted by molar-refractivity contribution is 6.69. The molecule has 0 spiro atoms. The van der Waals surface area contributed by atoms with E-state index in [4.69, 9.17) is 9.16 Å². The van der Waals surface area contributed by atoms with E-state index in [1.807, 2.05) is 0 Å². The molecule has 0 radical (unpaired) electrons. The number of ether oxygens (including phenoxy) is 1. The SMILES string of the molecule is COC1=CCC2=C(CC[C@@H]3[C@@H]2CC[C@@]2(C)[C@H]3CC[C@]2(C#N)O[Si](C)(C)C)C1. The van der Waals surface area contributed by atoms with E-state index < -0.39 is 13.9 Å². The Labute approximate surface area is 165 Å². The van der Waals surface area contributed by atoms with Crippen molar-refractivity contribution in [2.24, 2.45) is 23.2 Å². The molecule has 0 saturated heterocycles. The normalized spacial score (nSPS) is 41.2. The molecule has 0 aromatic heterocycles. The molecule has 0 amide bonds. The molecule has 4 aliphatic rings. The lowest BCUT2D eigenvalue weighted by Crippen LogP contribution is -2.55. The predicted molar refractivity (Wildman–Crippen MR) is 110 cm³/mol. The third-order valence-electron chi connectivity index (χ3n) is 8.10. The van der Waals surface area contributed by atoms with Crippen LogP contribution in [0.2, 0.25) is 19.6 Å². The van der Waals surface area contributed by atoms with Crippen LogP contribution in [0.3, 0.4) is 0 Å². The Hall–Kier alpha value is -1.05. The molecule has 4 heteroatoms. The van der Waals surface area contributed by atoms with Crippen molar-refractivity contribution in [1.82, 2.24) is 0 Å². The predicted octanol–water partition coefficient (Wildman–Crippen LogP) is 5.96. The van der Waals surface area contributed by atoms with Crippen molar-refractivity contribution in [3.63, 3.8) is 0 Å². The Kier molecular flexibility index (Phi) is 4.63. The van der Waals surface area contributed by atoms with Crippen LogP contribution in [0, 0.1) is 34.5 Å². The number of rotatable bonds is 3. The van der Waals surface area contributed by atoms with Gasteiger partial charge in [-0.25, -0.2) is 0 Å². The average Bonchev–Trinajstić information content (AvgIpc) is 2.92. The van der Waals surface area contributed by atoms with Crippen LogP contribution in [0.4, 0.5) is 0 Å². The second-order valence-electron chi connectivity index (χ2n) is 10.4. The summed E-state index contributed by atoms with van der Waals surface area (Å²) >= 11 is 0. The van der Waals surface area contributed by atoms with Crippen molar-refractivity contribution in [3.05, 3.63) is 23.0 Å². The molecule has 5 atom stereocenters. The summed E-state index contributed by atoms with van der Waals surface area (Å²) < 4.78 is 12.2. The molecular formula is C23H35NO2Si. The molecule has 0 N–H and O–H groups in total. The summed E-state index contributed by atoms with van der Waals surface area (Å²) in [5.41, 5.74) is 2.83. The molecule has 0 unspecified atom stereocenters. The Balaban J connectivity index is 1.62. The van der Waals surface area contributed by atoms with E-state index in [0.717, 1.165) is 49.7 Å². The molecule has 27 heavy (non-hydrogen) atoms. The Morgan fingerprint density at radius 2 is 1.96 bits per heavy atom. The maximum atomic E-state index is 10.2. The summed E-state index contributed by atoms with van der Waals surface area (Å²) in [5, 5.41) is 10.2. The number of hydrogen-bond donors (Lipinski definition) is 0. The Bertz CT molecular complexity index is 728. The summed E-state index contributed by atoms with van der Waals surface area (Å²) in [6, 6.07) is 2.71. The summed E-state index contributed by atoms with van der Waals surface area (Å²) in [4.78, 5) is 0. The van der Waals surface area contributed by atoms with E-state index in [-0.39, 0.29) is 5.41 Å². The van der Waals surface area contributed by atoms with Crippen LogP contribution in [0.25, 0.3) is 0 Å². The van der Waals surface area contributed by atoms with E-state index in [1.165, 1.54) is 19.3 Å². The first kappa shape index (κ1) is 19.3. The Morgan fingerprint density at radius 3 is 2.63 bits per heavy atom. The minimum Gasteiger partial charge on any atom is -0.501 e. The molecule has 2 saturated carbocycles. The average molecular weight is 386 g/mol. The molecule has 0 heterocycles. The highest BCUT2D eigenvalue weighted by atomic mass is 28.4. The second kappa shape index (κ2) is 6.49. The van der Waals surface area contributed by atoms with E-state index in [9.17, 15) is 5.26 Å². The van der Waals surface area contributed by atoms with Gasteiger partial charge in [0.2, 0.25) is 0 Å². The summed E-state index contributed by atoms with van der Waals surface area (Å²) in [5.74, 6) is 3.25. The lowest BCUT2D eigenvalue weighted by Gasteiger charge is -2.54. The van der Waals surface area contributed by atoms with Crippen molar-refractivity contribution in [2.75, 3.05) is 7.11 Å². The fourth-order valence-electron chi connectivity index (χ4n) is 6.94. The van der Waals surface area contributed by atoms with Crippen LogP contribution < -0.4 is 0 Å². The number of nitriles is 1. The zero-order chi connectivity index (χ0) is 19.4. The highest BCUT2D eigenvalue weighted by Gasteiger charge is 2.64. The largest absolute Gasteiger partial charge is 0.501 e. The maximum absolute atomic E-state index is 10.2. The molecule has 4 aliphatic carbocycles. The monoisotopic (exact) mass is 385 g/mol. The van der Waals surface area contributed by atoms with Crippen LogP contribution >= 0.6 is 0 Å². The standard InChI is InChI=1S/C23H35NO2Si/c1-22-12-10-19-18-9-7-17(25-2)14-16(18)6-8-20(19)21(22)11-13-23(22,15-24)26-27(3,4)5/h7,19-21H,6,8-14H2,1-5H3/t19-,20-,21+,22+,23-/m1/s1. The molecule has 148 valence electrons. The molecule has 0 aromatic carbocycles. The first-order valence-electron chi connectivity index (χ1n) is 10.8. The van der Waals surface area contributed by atoms with Gasteiger partial charge in [0.25, 0.3) is 0 Å². The quantitative estimate of drug-likeness (QED) is 0.445. The fraction of sp³-hybridized carbons (Fsp3) is 0.783. The third-order valence-corrected chi connectivity index (χ3v) is 9.06. The topological polar surface area (TPSA) is 42.2 Å². The van der Waals surface area contributed by atoms with Crippen molar-refractivity contribution in [1.29, 1.82) is 5.26 Å². The first-order chi connectivity index (χ1) is 12.7. The van der Waals surface area contributed by atoms with Crippen molar-refractivity contribution in [2.45, 2.75) is 83.5 Å². The van der Waals surface area contributed by atoms with Crippen molar-refractivity contribution >= 4 is 8.32 Å². The van der Waals surface area contributed by atoms with Crippen LogP contribution in [0.5, 0.6) is 0 Å². The van der Waals surface area contributed by atoms with E-state index in [1.54, 1.807) is 18.3 Å². The summed E-state index contributed by atoms with van der Waals surface area (Å²) in [6.45, 7) is 9.08. The molecule has 0 aliphatic heterocycles. The van der Waals surface area contributed by atoms with Gasteiger partial charge in [-0.3, -0.25) is 0 Å². The molecule has 0 bridgehead atoms. The fourth-order valence-corrected chi connectivity index (χ4v) is 8.37. The van der Waals surface area contributed by atoms with Crippen LogP contribution in [0.1, 0.15) is 58.3 Å². The number of allylic oxidation sites excluding steroid dienone is 3. The van der Waals surface area contributed by atoms with Gasteiger partial charge in [0.15, 0.2) is 8.32 Å². The minimum atomic E-state index is -1.78. The Morgan fingerprint density at radius 1 is 1.19 bits per heavy atom. The van der Waals surface area contributed by atoms with Gasteiger partial charge in [0.1, 0.15) is 5.60 Å². The molecule has 3 nitrogen and oxygen atoms in total. The van der Waals surface area contributed by atoms with Gasteiger partial charge in [0, 0.05) is 11.8 Å². The maximum Gasteiger partial charge on any atom is 0.185 e. The molecule has 2 fully saturated rings. The molecule has 4 rings (SSSR count). The zero-order valence-electron chi connectivity index (χ0n) is 17.7. The van der Waals surface area contributed by atoms with Gasteiger partial charge in [0.05, 0.1) is 18.9 Å². The molecular weight excluding hydrogens is 350 g/mol. The lowest BCUT2D eigenvalue weighted by molar-refractivity contribution is -0.0615. The second-order valence-corrected chi connectivity index (χ2v) is 14.9. The van der Waals surface area contributed by atoms with Crippen molar-refractivity contribution < 1.29 is 9.16 Å². The summed E-state index contributed by atoms with van der Waals surface area (Å²) in [7, 11) is 0.0233. The van der Waals surface area contributed by atoms with Crippen LogP contribution in [-0.2, 0) is 9.16 Å². The van der Waals surface area contributed by atoms with E-state index in [0.29, 0.717) is 5.92 Å². The van der Waals surface area contributed by atoms with Crippen LogP contribution in [-0.4, -0.2) is 21.0 Å². The van der Waals surface area contributed by atoms with Crippen molar-refractivity contribution in [3.8, 4) is 6.07 Å². The first-order valence-corrected chi connectivity index (χ1v) is 14.2. The van der Waals surface area contributed by atoms with Crippen LogP contribution in [0.15, 0.2) is 23.0 Å². The van der Waals surface area contributed by atoms with E-state index in [2.05, 4.69) is 38.7 Å².